The molecule has 2 aliphatic rings. The van der Waals surface area contributed by atoms with Gasteiger partial charge in [-0.15, -0.1) is 17.6 Å². The van der Waals surface area contributed by atoms with Gasteiger partial charge in [-0.2, -0.15) is 10.2 Å². The van der Waals surface area contributed by atoms with Crippen LogP contribution in [0.3, 0.4) is 0 Å². The highest BCUT2D eigenvalue weighted by atomic mass is 79.9. The smallest absolute Gasteiger partial charge is 0.476 e. The van der Waals surface area contributed by atoms with Crippen molar-refractivity contribution in [3.63, 3.8) is 0 Å². The summed E-state index contributed by atoms with van der Waals surface area (Å²) in [5.41, 5.74) is 10.9. The third kappa shape index (κ3) is 8.35. The second-order valence-corrected chi connectivity index (χ2v) is 16.4. The summed E-state index contributed by atoms with van der Waals surface area (Å²) in [5, 5.41) is 17.5. The first kappa shape index (κ1) is 43.8. The van der Waals surface area contributed by atoms with Crippen LogP contribution in [0.5, 0.6) is 23.0 Å². The van der Waals surface area contributed by atoms with Gasteiger partial charge in [-0.05, 0) is 72.8 Å². The first-order chi connectivity index (χ1) is 31.2. The van der Waals surface area contributed by atoms with Gasteiger partial charge in [0.05, 0.1) is 11.4 Å². The van der Waals surface area contributed by atoms with Crippen LogP contribution in [0.1, 0.15) is 32.8 Å². The van der Waals surface area contributed by atoms with Gasteiger partial charge in [0.25, 0.3) is 5.91 Å². The zero-order chi connectivity index (χ0) is 47.0. The number of aromatic carboxylic acids is 1. The molecule has 0 saturated carbocycles. The summed E-state index contributed by atoms with van der Waals surface area (Å²) in [4.78, 5) is 32.0. The number of benzene rings is 4. The van der Waals surface area contributed by atoms with Crippen LogP contribution in [0.2, 0.25) is 0 Å². The first-order valence-corrected chi connectivity index (χ1v) is 20.8. The molecule has 336 valence electrons. The molecule has 0 unspecified atom stereocenters. The summed E-state index contributed by atoms with van der Waals surface area (Å²) in [5.74, 6) is -0.668. The molecule has 4 aromatic heterocycles. The summed E-state index contributed by atoms with van der Waals surface area (Å²) in [6.45, 7) is 3.35. The lowest BCUT2D eigenvalue weighted by atomic mass is 9.98. The molecule has 3 N–H and O–H groups in total. The number of amides is 1. The van der Waals surface area contributed by atoms with Crippen molar-refractivity contribution in [2.24, 2.45) is 19.8 Å². The van der Waals surface area contributed by atoms with E-state index in [9.17, 15) is 32.3 Å². The van der Waals surface area contributed by atoms with Crippen molar-refractivity contribution in [3.05, 3.63) is 117 Å². The molecular weight excluding hydrogens is 1010 g/mol. The summed E-state index contributed by atoms with van der Waals surface area (Å²) in [7, 11) is 3.33. The molecule has 1 amide bonds. The van der Waals surface area contributed by atoms with E-state index < -0.39 is 24.5 Å². The van der Waals surface area contributed by atoms with Gasteiger partial charge in [0.15, 0.2) is 57.7 Å². The lowest BCUT2D eigenvalue weighted by Crippen LogP contribution is -2.25. The van der Waals surface area contributed by atoms with Crippen LogP contribution in [-0.2, 0) is 14.1 Å². The number of oxazole rings is 2. The number of fused-ring (bicyclic) bond motifs is 2. The number of carboxylic acids is 1. The molecule has 8 aromatic rings. The van der Waals surface area contributed by atoms with E-state index in [1.807, 2.05) is 18.2 Å². The van der Waals surface area contributed by atoms with Crippen molar-refractivity contribution in [2.45, 2.75) is 26.4 Å². The fourth-order valence-electron chi connectivity index (χ4n) is 7.32. The average Bonchev–Trinajstić information content (AvgIpc) is 4.10. The maximum atomic E-state index is 13.5. The third-order valence-electron chi connectivity index (χ3n) is 10.1. The van der Waals surface area contributed by atoms with Gasteiger partial charge in [0.1, 0.15) is 11.4 Å². The van der Waals surface area contributed by atoms with Crippen LogP contribution in [-0.4, -0.2) is 59.1 Å². The van der Waals surface area contributed by atoms with E-state index in [4.69, 9.17) is 14.6 Å². The number of carboxylic acid groups (broad SMARTS) is 1. The highest BCUT2D eigenvalue weighted by Crippen LogP contribution is 2.48. The van der Waals surface area contributed by atoms with Crippen LogP contribution >= 0.6 is 31.9 Å². The number of hydrogen-bond acceptors (Lipinski definition) is 12. The van der Waals surface area contributed by atoms with Gasteiger partial charge in [0, 0.05) is 70.3 Å². The van der Waals surface area contributed by atoms with E-state index in [1.54, 1.807) is 69.0 Å². The van der Waals surface area contributed by atoms with E-state index in [0.29, 0.717) is 79.5 Å². The molecule has 22 heteroatoms. The van der Waals surface area contributed by atoms with Crippen LogP contribution in [0.25, 0.3) is 67.7 Å². The molecule has 0 fully saturated rings. The number of ether oxygens (including phenoxy) is 4. The quantitative estimate of drug-likeness (QED) is 0.136. The first-order valence-electron chi connectivity index (χ1n) is 19.2. The second kappa shape index (κ2) is 16.2. The fourth-order valence-corrected chi connectivity index (χ4v) is 8.04. The number of aromatic nitrogens is 6. The van der Waals surface area contributed by atoms with Gasteiger partial charge in [-0.1, -0.05) is 44.0 Å². The SMILES string of the molecule is Cc1nc(-c2ccc3c(c2)OC(F)(F)O3)c(-c2cc(Br)ccc2-c2cc(C(=O)O)nn2C)o1.Cc1nc(-c2ccc3c(c2)OC(F)(F)O3)c(-c2cc(Br)ccc2-c2cc(C(N)=O)nn2C)o1. The van der Waals surface area contributed by atoms with Crippen molar-refractivity contribution >= 4 is 43.7 Å². The van der Waals surface area contributed by atoms with E-state index in [-0.39, 0.29) is 34.4 Å². The molecule has 0 aliphatic carbocycles. The molecule has 6 heterocycles. The fraction of sp³-hybridized carbons (Fsp3) is 0.136. The topological polar surface area (TPSA) is 205 Å². The number of hydrogen-bond donors (Lipinski definition) is 2. The molecule has 0 bridgehead atoms. The summed E-state index contributed by atoms with van der Waals surface area (Å²) >= 11 is 6.93. The highest BCUT2D eigenvalue weighted by Gasteiger charge is 2.44. The monoisotopic (exact) mass is 1030 g/mol. The molecule has 0 atom stereocenters. The number of carbonyl (C=O) groups is 2. The summed E-state index contributed by atoms with van der Waals surface area (Å²) in [6, 6.07) is 22.7. The van der Waals surface area contributed by atoms with Gasteiger partial charge >= 0.3 is 18.6 Å². The zero-order valence-electron chi connectivity index (χ0n) is 34.3. The third-order valence-corrected chi connectivity index (χ3v) is 11.0. The van der Waals surface area contributed by atoms with Gasteiger partial charge in [-0.25, -0.2) is 14.8 Å². The zero-order valence-corrected chi connectivity index (χ0v) is 37.5. The molecule has 0 spiro atoms. The van der Waals surface area contributed by atoms with Crippen molar-refractivity contribution in [1.82, 2.24) is 29.5 Å². The number of nitrogens with zero attached hydrogens (tertiary/aromatic N) is 6. The predicted molar refractivity (Wildman–Crippen MR) is 232 cm³/mol. The number of primary amides is 1. The molecule has 66 heavy (non-hydrogen) atoms. The van der Waals surface area contributed by atoms with Crippen LogP contribution < -0.4 is 24.7 Å². The summed E-state index contributed by atoms with van der Waals surface area (Å²) < 4.78 is 88.4. The number of rotatable bonds is 8. The number of aryl methyl sites for hydroxylation is 4. The van der Waals surface area contributed by atoms with E-state index in [0.717, 1.165) is 8.95 Å². The maximum absolute atomic E-state index is 13.5. The number of alkyl halides is 4. The van der Waals surface area contributed by atoms with E-state index in [2.05, 4.69) is 71.0 Å². The second-order valence-electron chi connectivity index (χ2n) is 14.6. The Morgan fingerprint density at radius 3 is 1.39 bits per heavy atom. The van der Waals surface area contributed by atoms with Crippen LogP contribution in [0.4, 0.5) is 17.6 Å². The Bertz CT molecular complexity index is 3080. The maximum Gasteiger partial charge on any atom is 0.586 e. The Morgan fingerprint density at radius 1 is 0.591 bits per heavy atom. The Hall–Kier alpha value is -7.46. The van der Waals surface area contributed by atoms with Gasteiger partial charge in [0.2, 0.25) is 0 Å². The Morgan fingerprint density at radius 2 is 1.00 bits per heavy atom. The molecule has 0 saturated heterocycles. The predicted octanol–water partition coefficient (Wildman–Crippen LogP) is 10.4. The van der Waals surface area contributed by atoms with Gasteiger partial charge < -0.3 is 38.6 Å². The van der Waals surface area contributed by atoms with Crippen molar-refractivity contribution < 1.29 is 60.0 Å². The van der Waals surface area contributed by atoms with Crippen molar-refractivity contribution in [1.29, 1.82) is 0 Å². The molecule has 2 aliphatic heterocycles. The lowest BCUT2D eigenvalue weighted by molar-refractivity contribution is -0.287. The van der Waals surface area contributed by atoms with Crippen molar-refractivity contribution in [2.75, 3.05) is 0 Å². The average molecular weight is 1040 g/mol. The largest absolute Gasteiger partial charge is 0.586 e. The standard InChI is InChI=1S/C22H15BrF2N4O4.C22H14BrF2N3O5/c1-10-27-19(11-3-6-17-18(7-11)33-22(24,25)32-17)20(31-10)14-8-12(23)4-5-13(14)16-9-15(21(26)30)28-29(16)2;1-10-26-19(11-3-6-17-18(7-11)33-22(24,25)32-17)20(31-10)14-8-12(23)4-5-13(14)16-9-15(21(29)30)27-28(16)2/h3-9H,1-2H3,(H2,26,30);3-9H,1-2H3,(H,29,30). The molecular formula is C44H29Br2F4N7O9. The Kier molecular flexibility index (Phi) is 10.7. The van der Waals surface area contributed by atoms with E-state index >= 15 is 0 Å². The van der Waals surface area contributed by atoms with Crippen LogP contribution in [0, 0.1) is 13.8 Å². The number of halogens is 6. The lowest BCUT2D eigenvalue weighted by Gasteiger charge is -2.10. The van der Waals surface area contributed by atoms with Crippen LogP contribution in [0.15, 0.2) is 103 Å². The minimum absolute atomic E-state index is 0.0671. The molecule has 0 radical (unpaired) electrons. The Labute approximate surface area is 385 Å². The normalized spacial score (nSPS) is 14.0. The minimum Gasteiger partial charge on any atom is -0.476 e. The molecule has 4 aromatic carbocycles. The van der Waals surface area contributed by atoms with Crippen molar-refractivity contribution in [3.8, 4) is 90.7 Å². The van der Waals surface area contributed by atoms with Gasteiger partial charge in [-0.3, -0.25) is 14.2 Å². The molecule has 10 rings (SSSR count). The Balaban J connectivity index is 0.000000166. The minimum atomic E-state index is -3.73. The summed E-state index contributed by atoms with van der Waals surface area (Å²) in [6.07, 6.45) is -7.46. The molecule has 16 nitrogen and oxygen atoms in total. The highest BCUT2D eigenvalue weighted by molar-refractivity contribution is 9.10. The number of nitrogens with two attached hydrogens (primary N) is 1. The number of carbonyl (C=O) groups excluding carboxylic acids is 1. The van der Waals surface area contributed by atoms with E-state index in [1.165, 1.54) is 35.0 Å².